The van der Waals surface area contributed by atoms with Crippen molar-refractivity contribution in [3.05, 3.63) is 0 Å². The van der Waals surface area contributed by atoms with E-state index in [-0.39, 0.29) is 0 Å². The van der Waals surface area contributed by atoms with Crippen LogP contribution >= 0.6 is 11.8 Å². The molecule has 0 amide bonds. The first-order valence-electron chi connectivity index (χ1n) is 7.30. The Morgan fingerprint density at radius 3 is 2.72 bits per heavy atom. The molecule has 108 valence electrons. The van der Waals surface area contributed by atoms with Crippen LogP contribution in [-0.2, 0) is 0 Å². The topological polar surface area (TPSA) is 29.3 Å². The number of rotatable bonds is 6. The first-order chi connectivity index (χ1) is 8.35. The minimum atomic E-state index is 0.410. The summed E-state index contributed by atoms with van der Waals surface area (Å²) in [7, 11) is 2.26. The van der Waals surface area contributed by atoms with Crippen molar-refractivity contribution >= 4 is 11.8 Å². The minimum Gasteiger partial charge on any atom is -0.327 e. The van der Waals surface area contributed by atoms with E-state index in [0.717, 1.165) is 0 Å². The molecule has 1 fully saturated rings. The average molecular weight is 273 g/mol. The highest BCUT2D eigenvalue weighted by Gasteiger charge is 2.33. The molecule has 0 spiro atoms. The third-order valence-corrected chi connectivity index (χ3v) is 5.23. The predicted molar refractivity (Wildman–Crippen MR) is 84.2 cm³/mol. The quantitative estimate of drug-likeness (QED) is 0.805. The minimum absolute atomic E-state index is 0.410. The normalized spacial score (nSPS) is 29.5. The number of hydrogen-bond acceptors (Lipinski definition) is 3. The standard InChI is InChI=1S/C15H32N2S/c1-12(7-9-18-5)17(4)11-13-10-15(2,3)8-6-14(13)16/h12-14H,6-11,16H2,1-5H3. The Bertz CT molecular complexity index is 243. The van der Waals surface area contributed by atoms with Crippen molar-refractivity contribution in [2.45, 2.75) is 58.5 Å². The first-order valence-corrected chi connectivity index (χ1v) is 8.70. The van der Waals surface area contributed by atoms with E-state index in [1.165, 1.54) is 38.0 Å². The van der Waals surface area contributed by atoms with Gasteiger partial charge in [0.05, 0.1) is 0 Å². The molecule has 2 nitrogen and oxygen atoms in total. The van der Waals surface area contributed by atoms with E-state index < -0.39 is 0 Å². The van der Waals surface area contributed by atoms with Crippen molar-refractivity contribution in [3.8, 4) is 0 Å². The van der Waals surface area contributed by atoms with Crippen LogP contribution in [0.15, 0.2) is 0 Å². The fraction of sp³-hybridized carbons (Fsp3) is 1.00. The Morgan fingerprint density at radius 1 is 1.44 bits per heavy atom. The highest BCUT2D eigenvalue weighted by Crippen LogP contribution is 2.38. The van der Waals surface area contributed by atoms with Gasteiger partial charge in [-0.15, -0.1) is 0 Å². The summed E-state index contributed by atoms with van der Waals surface area (Å²) in [4.78, 5) is 2.52. The highest BCUT2D eigenvalue weighted by molar-refractivity contribution is 7.98. The van der Waals surface area contributed by atoms with Gasteiger partial charge in [-0.05, 0) is 63.0 Å². The first kappa shape index (κ1) is 16.3. The molecular formula is C15H32N2S. The lowest BCUT2D eigenvalue weighted by Gasteiger charge is -2.41. The highest BCUT2D eigenvalue weighted by atomic mass is 32.2. The molecule has 1 aliphatic carbocycles. The van der Waals surface area contributed by atoms with Gasteiger partial charge in [0.1, 0.15) is 0 Å². The van der Waals surface area contributed by atoms with Crippen LogP contribution in [0.4, 0.5) is 0 Å². The van der Waals surface area contributed by atoms with Gasteiger partial charge in [0, 0.05) is 18.6 Å². The van der Waals surface area contributed by atoms with E-state index in [1.54, 1.807) is 0 Å². The SMILES string of the molecule is CSCCC(C)N(C)CC1CC(C)(C)CCC1N. The maximum atomic E-state index is 6.32. The van der Waals surface area contributed by atoms with Gasteiger partial charge < -0.3 is 10.6 Å². The molecule has 0 heterocycles. The summed E-state index contributed by atoms with van der Waals surface area (Å²) in [5.74, 6) is 1.93. The van der Waals surface area contributed by atoms with Gasteiger partial charge in [0.2, 0.25) is 0 Å². The molecule has 0 aromatic heterocycles. The Labute approximate surface area is 118 Å². The smallest absolute Gasteiger partial charge is 0.00797 e. The van der Waals surface area contributed by atoms with Gasteiger partial charge in [-0.3, -0.25) is 0 Å². The number of thioether (sulfide) groups is 1. The summed E-state index contributed by atoms with van der Waals surface area (Å²) >= 11 is 1.94. The number of hydrogen-bond donors (Lipinski definition) is 1. The van der Waals surface area contributed by atoms with Crippen molar-refractivity contribution in [1.29, 1.82) is 0 Å². The van der Waals surface area contributed by atoms with Crippen molar-refractivity contribution in [2.75, 3.05) is 25.6 Å². The van der Waals surface area contributed by atoms with Crippen LogP contribution in [0.25, 0.3) is 0 Å². The summed E-state index contributed by atoms with van der Waals surface area (Å²) in [6.07, 6.45) is 7.24. The second kappa shape index (κ2) is 7.16. The lowest BCUT2D eigenvalue weighted by molar-refractivity contribution is 0.110. The molecule has 1 saturated carbocycles. The molecule has 0 radical (unpaired) electrons. The second-order valence-corrected chi connectivity index (χ2v) is 7.89. The molecule has 0 aliphatic heterocycles. The third-order valence-electron chi connectivity index (χ3n) is 4.59. The number of nitrogens with two attached hydrogens (primary N) is 1. The Hall–Kier alpha value is 0.270. The summed E-state index contributed by atoms with van der Waals surface area (Å²) in [6, 6.07) is 1.09. The molecule has 0 aromatic rings. The Morgan fingerprint density at radius 2 is 2.11 bits per heavy atom. The zero-order chi connectivity index (χ0) is 13.8. The Kier molecular flexibility index (Phi) is 6.49. The molecule has 3 unspecified atom stereocenters. The van der Waals surface area contributed by atoms with Crippen molar-refractivity contribution in [1.82, 2.24) is 4.90 Å². The maximum Gasteiger partial charge on any atom is 0.00797 e. The lowest BCUT2D eigenvalue weighted by Crippen LogP contribution is -2.46. The van der Waals surface area contributed by atoms with Crippen LogP contribution in [0, 0.1) is 11.3 Å². The van der Waals surface area contributed by atoms with Crippen molar-refractivity contribution in [3.63, 3.8) is 0 Å². The molecule has 0 bridgehead atoms. The third kappa shape index (κ3) is 5.10. The molecule has 2 N–H and O–H groups in total. The number of nitrogens with zero attached hydrogens (tertiary/aromatic N) is 1. The lowest BCUT2D eigenvalue weighted by atomic mass is 9.70. The van der Waals surface area contributed by atoms with E-state index in [1.807, 2.05) is 11.8 Å². The van der Waals surface area contributed by atoms with Crippen LogP contribution in [0.1, 0.15) is 46.5 Å². The van der Waals surface area contributed by atoms with Crippen molar-refractivity contribution in [2.24, 2.45) is 17.1 Å². The van der Waals surface area contributed by atoms with Crippen LogP contribution in [0.2, 0.25) is 0 Å². The zero-order valence-electron chi connectivity index (χ0n) is 12.9. The van der Waals surface area contributed by atoms with E-state index >= 15 is 0 Å². The fourth-order valence-corrected chi connectivity index (χ4v) is 3.59. The van der Waals surface area contributed by atoms with E-state index in [4.69, 9.17) is 5.73 Å². The predicted octanol–water partition coefficient (Wildman–Crippen LogP) is 3.21. The van der Waals surface area contributed by atoms with Crippen LogP contribution in [0.5, 0.6) is 0 Å². The molecule has 18 heavy (non-hydrogen) atoms. The average Bonchev–Trinajstić information content (AvgIpc) is 2.30. The summed E-state index contributed by atoms with van der Waals surface area (Å²) in [6.45, 7) is 8.29. The van der Waals surface area contributed by atoms with Gasteiger partial charge >= 0.3 is 0 Å². The Balaban J connectivity index is 2.44. The summed E-state index contributed by atoms with van der Waals surface area (Å²) in [5, 5.41) is 0. The van der Waals surface area contributed by atoms with Gasteiger partial charge in [0.15, 0.2) is 0 Å². The zero-order valence-corrected chi connectivity index (χ0v) is 13.7. The van der Waals surface area contributed by atoms with Crippen molar-refractivity contribution < 1.29 is 0 Å². The molecule has 1 aliphatic rings. The maximum absolute atomic E-state index is 6.32. The molecular weight excluding hydrogens is 240 g/mol. The monoisotopic (exact) mass is 272 g/mol. The second-order valence-electron chi connectivity index (χ2n) is 6.90. The van der Waals surface area contributed by atoms with Gasteiger partial charge in [-0.2, -0.15) is 11.8 Å². The molecule has 3 heteroatoms. The van der Waals surface area contributed by atoms with Gasteiger partial charge in [0.25, 0.3) is 0 Å². The molecule has 0 saturated heterocycles. The molecule has 3 atom stereocenters. The summed E-state index contributed by atoms with van der Waals surface area (Å²) < 4.78 is 0. The largest absolute Gasteiger partial charge is 0.327 e. The van der Waals surface area contributed by atoms with Crippen LogP contribution < -0.4 is 5.73 Å². The fourth-order valence-electron chi connectivity index (χ4n) is 3.01. The van der Waals surface area contributed by atoms with E-state index in [0.29, 0.717) is 23.4 Å². The van der Waals surface area contributed by atoms with E-state index in [2.05, 4.69) is 39.0 Å². The van der Waals surface area contributed by atoms with E-state index in [9.17, 15) is 0 Å². The van der Waals surface area contributed by atoms with Gasteiger partial charge in [-0.1, -0.05) is 13.8 Å². The van der Waals surface area contributed by atoms with Crippen LogP contribution in [-0.4, -0.2) is 42.6 Å². The van der Waals surface area contributed by atoms with Gasteiger partial charge in [-0.25, -0.2) is 0 Å². The molecule has 0 aromatic carbocycles. The van der Waals surface area contributed by atoms with Crippen LogP contribution in [0.3, 0.4) is 0 Å². The molecule has 1 rings (SSSR count). The summed E-state index contributed by atoms with van der Waals surface area (Å²) in [5.41, 5.74) is 6.81.